The zero-order chi connectivity index (χ0) is 24.3. The van der Waals surface area contributed by atoms with Gasteiger partial charge in [0.05, 0.1) is 5.71 Å². The fourth-order valence-corrected chi connectivity index (χ4v) is 3.90. The summed E-state index contributed by atoms with van der Waals surface area (Å²) in [5.41, 5.74) is 4.68. The molecule has 0 saturated carbocycles. The van der Waals surface area contributed by atoms with E-state index in [4.69, 9.17) is 0 Å². The number of imidazole rings is 1. The second-order valence-electron chi connectivity index (χ2n) is 8.66. The van der Waals surface area contributed by atoms with Crippen molar-refractivity contribution in [1.82, 2.24) is 19.1 Å². The van der Waals surface area contributed by atoms with E-state index in [0.29, 0.717) is 23.7 Å². The van der Waals surface area contributed by atoms with E-state index in [0.717, 1.165) is 24.1 Å². The lowest BCUT2D eigenvalue weighted by atomic mass is 10.1. The van der Waals surface area contributed by atoms with Gasteiger partial charge in [0.15, 0.2) is 11.2 Å². The molecule has 2 aromatic heterocycles. The standard InChI is InChI=1S/C26H36N6O2/c1-4-5-6-7-8-9-10-14-19-32-22-23(31(3)26(34)28-24(22)33)27-25(32)30-29-20(2)17-18-21-15-12-11-13-16-21/h11-13,15-18H,4-10,14,19H2,1-3H3,(H,27,30)(H,28,33,34). The molecule has 0 bridgehead atoms. The minimum absolute atomic E-state index is 0.350. The van der Waals surface area contributed by atoms with Gasteiger partial charge in [0, 0.05) is 13.6 Å². The van der Waals surface area contributed by atoms with Gasteiger partial charge in [0.25, 0.3) is 5.56 Å². The molecule has 0 aliphatic rings. The normalized spacial score (nSPS) is 12.1. The van der Waals surface area contributed by atoms with Gasteiger partial charge in [-0.25, -0.2) is 10.2 Å². The number of anilines is 1. The average Bonchev–Trinajstić information content (AvgIpc) is 3.21. The highest BCUT2D eigenvalue weighted by atomic mass is 16.2. The van der Waals surface area contributed by atoms with Gasteiger partial charge in [-0.05, 0) is 25.0 Å². The second-order valence-corrected chi connectivity index (χ2v) is 8.66. The number of allylic oxidation sites excluding steroid dienone is 1. The van der Waals surface area contributed by atoms with E-state index in [1.165, 1.54) is 43.1 Å². The average molecular weight is 465 g/mol. The smallest absolute Gasteiger partial charge is 0.303 e. The first-order valence-electron chi connectivity index (χ1n) is 12.2. The number of rotatable bonds is 13. The van der Waals surface area contributed by atoms with Crippen molar-refractivity contribution in [3.63, 3.8) is 0 Å². The predicted molar refractivity (Wildman–Crippen MR) is 140 cm³/mol. The molecule has 1 aromatic carbocycles. The van der Waals surface area contributed by atoms with Gasteiger partial charge in [-0.15, -0.1) is 0 Å². The SMILES string of the molecule is CCCCCCCCCCn1c(NN=C(C)C=Cc2ccccc2)nc2c1c(=O)[nH]c(=O)n2C. The van der Waals surface area contributed by atoms with Crippen LogP contribution in [0.3, 0.4) is 0 Å². The molecule has 0 aliphatic heterocycles. The van der Waals surface area contributed by atoms with E-state index in [9.17, 15) is 9.59 Å². The van der Waals surface area contributed by atoms with Crippen LogP contribution in [0.5, 0.6) is 0 Å². The molecule has 182 valence electrons. The first-order chi connectivity index (χ1) is 16.5. The lowest BCUT2D eigenvalue weighted by Crippen LogP contribution is -2.29. The topological polar surface area (TPSA) is 97.1 Å². The summed E-state index contributed by atoms with van der Waals surface area (Å²) in [4.78, 5) is 31.6. The van der Waals surface area contributed by atoms with Gasteiger partial charge < -0.3 is 4.57 Å². The molecule has 0 unspecified atom stereocenters. The van der Waals surface area contributed by atoms with Crippen molar-refractivity contribution >= 4 is 28.9 Å². The van der Waals surface area contributed by atoms with E-state index in [2.05, 4.69) is 27.4 Å². The molecule has 0 aliphatic carbocycles. The number of hydrogen-bond donors (Lipinski definition) is 2. The van der Waals surface area contributed by atoms with Crippen LogP contribution >= 0.6 is 0 Å². The minimum atomic E-state index is -0.480. The van der Waals surface area contributed by atoms with Gasteiger partial charge >= 0.3 is 5.69 Å². The van der Waals surface area contributed by atoms with Crippen LogP contribution in [-0.4, -0.2) is 24.8 Å². The fraction of sp³-hybridized carbons (Fsp3) is 0.462. The largest absolute Gasteiger partial charge is 0.329 e. The number of H-pyrrole nitrogens is 1. The molecule has 0 saturated heterocycles. The van der Waals surface area contributed by atoms with Crippen LogP contribution in [0.15, 0.2) is 51.1 Å². The fourth-order valence-electron chi connectivity index (χ4n) is 3.90. The van der Waals surface area contributed by atoms with E-state index in [-0.39, 0.29) is 0 Å². The number of unbranched alkanes of at least 4 members (excludes halogenated alkanes) is 7. The highest BCUT2D eigenvalue weighted by molar-refractivity contribution is 5.96. The van der Waals surface area contributed by atoms with Gasteiger partial charge in [0.2, 0.25) is 5.95 Å². The third kappa shape index (κ3) is 6.79. The van der Waals surface area contributed by atoms with Crippen molar-refractivity contribution in [3.8, 4) is 0 Å². The Morgan fingerprint density at radius 3 is 2.44 bits per heavy atom. The molecule has 2 N–H and O–H groups in total. The number of fused-ring (bicyclic) bond motifs is 1. The highest BCUT2D eigenvalue weighted by Crippen LogP contribution is 2.18. The van der Waals surface area contributed by atoms with Gasteiger partial charge in [-0.3, -0.25) is 14.3 Å². The van der Waals surface area contributed by atoms with Crippen LogP contribution in [0.1, 0.15) is 70.8 Å². The monoisotopic (exact) mass is 464 g/mol. The first-order valence-corrected chi connectivity index (χ1v) is 12.2. The van der Waals surface area contributed by atoms with Crippen LogP contribution < -0.4 is 16.7 Å². The molecule has 3 aromatic rings. The minimum Gasteiger partial charge on any atom is -0.303 e. The quantitative estimate of drug-likeness (QED) is 0.210. The number of aryl methyl sites for hydroxylation is 2. The molecule has 0 spiro atoms. The lowest BCUT2D eigenvalue weighted by molar-refractivity contribution is 0.549. The summed E-state index contributed by atoms with van der Waals surface area (Å²) in [6.45, 7) is 4.74. The maximum Gasteiger partial charge on any atom is 0.329 e. The van der Waals surface area contributed by atoms with E-state index < -0.39 is 11.2 Å². The molecule has 0 radical (unpaired) electrons. The van der Waals surface area contributed by atoms with Crippen molar-refractivity contribution in [2.75, 3.05) is 5.43 Å². The van der Waals surface area contributed by atoms with E-state index in [1.54, 1.807) is 7.05 Å². The molecule has 3 rings (SSSR count). The Hall–Kier alpha value is -3.42. The second kappa shape index (κ2) is 12.7. The number of hydrazone groups is 1. The number of aromatic nitrogens is 4. The third-order valence-corrected chi connectivity index (χ3v) is 5.89. The number of aromatic amines is 1. The molecule has 8 heteroatoms. The molecular formula is C26H36N6O2. The van der Waals surface area contributed by atoms with Crippen molar-refractivity contribution in [3.05, 3.63) is 62.8 Å². The van der Waals surface area contributed by atoms with Crippen LogP contribution in [0, 0.1) is 0 Å². The number of nitrogens with zero attached hydrogens (tertiary/aromatic N) is 4. The highest BCUT2D eigenvalue weighted by Gasteiger charge is 2.17. The Bertz CT molecular complexity index is 1230. The third-order valence-electron chi connectivity index (χ3n) is 5.89. The number of hydrogen-bond acceptors (Lipinski definition) is 5. The summed E-state index contributed by atoms with van der Waals surface area (Å²) in [6.07, 6.45) is 13.5. The Labute approximate surface area is 200 Å². The van der Waals surface area contributed by atoms with E-state index >= 15 is 0 Å². The number of benzene rings is 1. The lowest BCUT2D eigenvalue weighted by Gasteiger charge is -2.08. The maximum atomic E-state index is 12.6. The summed E-state index contributed by atoms with van der Waals surface area (Å²) in [5.74, 6) is 0.456. The summed E-state index contributed by atoms with van der Waals surface area (Å²) in [7, 11) is 1.61. The molecule has 34 heavy (non-hydrogen) atoms. The van der Waals surface area contributed by atoms with Gasteiger partial charge in [0.1, 0.15) is 0 Å². The van der Waals surface area contributed by atoms with Crippen molar-refractivity contribution in [2.24, 2.45) is 12.1 Å². The molecule has 0 fully saturated rings. The summed E-state index contributed by atoms with van der Waals surface area (Å²) in [5, 5.41) is 4.43. The molecular weight excluding hydrogens is 428 g/mol. The van der Waals surface area contributed by atoms with Crippen LogP contribution in [0.4, 0.5) is 5.95 Å². The van der Waals surface area contributed by atoms with Crippen LogP contribution in [0.2, 0.25) is 0 Å². The summed E-state index contributed by atoms with van der Waals surface area (Å²) in [6, 6.07) is 9.99. The zero-order valence-electron chi connectivity index (χ0n) is 20.5. The molecule has 8 nitrogen and oxygen atoms in total. The number of nitrogens with one attached hydrogen (secondary N) is 2. The Morgan fingerprint density at radius 2 is 1.74 bits per heavy atom. The summed E-state index contributed by atoms with van der Waals surface area (Å²) < 4.78 is 3.19. The maximum absolute atomic E-state index is 12.6. The molecule has 0 atom stereocenters. The van der Waals surface area contributed by atoms with Crippen molar-refractivity contribution in [1.29, 1.82) is 0 Å². The van der Waals surface area contributed by atoms with Gasteiger partial charge in [-0.1, -0.05) is 88.3 Å². The zero-order valence-corrected chi connectivity index (χ0v) is 20.5. The first kappa shape index (κ1) is 25.2. The predicted octanol–water partition coefficient (Wildman–Crippen LogP) is 5.07. The molecule has 0 amide bonds. The van der Waals surface area contributed by atoms with E-state index in [1.807, 2.05) is 54.0 Å². The Kier molecular flexibility index (Phi) is 9.43. The van der Waals surface area contributed by atoms with Crippen molar-refractivity contribution < 1.29 is 0 Å². The van der Waals surface area contributed by atoms with Crippen molar-refractivity contribution in [2.45, 2.75) is 71.8 Å². The summed E-state index contributed by atoms with van der Waals surface area (Å²) >= 11 is 0. The molecule has 2 heterocycles. The Morgan fingerprint density at radius 1 is 1.06 bits per heavy atom. The van der Waals surface area contributed by atoms with Crippen LogP contribution in [-0.2, 0) is 13.6 Å². The van der Waals surface area contributed by atoms with Gasteiger partial charge in [-0.2, -0.15) is 10.1 Å². The van der Waals surface area contributed by atoms with Crippen LogP contribution in [0.25, 0.3) is 17.2 Å². The Balaban J connectivity index is 1.75.